The fourth-order valence-corrected chi connectivity index (χ4v) is 0.603. The zero-order valence-corrected chi connectivity index (χ0v) is 6.38. The largest absolute Gasteiger partial charge is 0.336 e. The summed E-state index contributed by atoms with van der Waals surface area (Å²) in [6.45, 7) is 5.81. The van der Waals surface area contributed by atoms with Gasteiger partial charge in [0, 0.05) is 6.04 Å². The summed E-state index contributed by atoms with van der Waals surface area (Å²) >= 11 is 0. The van der Waals surface area contributed by atoms with Crippen LogP contribution in [0.15, 0.2) is 4.52 Å². The first kappa shape index (κ1) is 7.05. The summed E-state index contributed by atoms with van der Waals surface area (Å²) < 4.78 is 4.80. The molecule has 56 valence electrons. The van der Waals surface area contributed by atoms with Gasteiger partial charge in [-0.3, -0.25) is 0 Å². The molecule has 1 aromatic rings. The van der Waals surface area contributed by atoms with Crippen LogP contribution < -0.4 is 5.32 Å². The summed E-state index contributed by atoms with van der Waals surface area (Å²) in [5.74, 6) is 0.656. The van der Waals surface area contributed by atoms with E-state index < -0.39 is 0 Å². The minimum Gasteiger partial charge on any atom is -0.336 e. The third-order valence-corrected chi connectivity index (χ3v) is 0.940. The van der Waals surface area contributed by atoms with E-state index in [0.29, 0.717) is 17.9 Å². The van der Waals surface area contributed by atoms with Gasteiger partial charge in [-0.2, -0.15) is 4.98 Å². The van der Waals surface area contributed by atoms with E-state index in [0.717, 1.165) is 0 Å². The molecule has 0 atom stereocenters. The average molecular weight is 141 g/mol. The van der Waals surface area contributed by atoms with Gasteiger partial charge in [-0.15, -0.1) is 0 Å². The normalized spacial score (nSPS) is 10.4. The van der Waals surface area contributed by atoms with E-state index in [1.165, 1.54) is 0 Å². The van der Waals surface area contributed by atoms with Gasteiger partial charge in [-0.05, 0) is 20.8 Å². The van der Waals surface area contributed by atoms with E-state index in [1.807, 2.05) is 13.8 Å². The molecule has 1 N–H and O–H groups in total. The quantitative estimate of drug-likeness (QED) is 0.672. The number of nitrogens with zero attached hydrogens (tertiary/aromatic N) is 2. The lowest BCUT2D eigenvalue weighted by Crippen LogP contribution is -2.09. The van der Waals surface area contributed by atoms with Gasteiger partial charge < -0.3 is 9.84 Å². The molecule has 1 aromatic heterocycles. The van der Waals surface area contributed by atoms with Crippen LogP contribution in [0.4, 0.5) is 6.01 Å². The molecule has 0 radical (unpaired) electrons. The second kappa shape index (κ2) is 2.68. The Morgan fingerprint density at radius 2 is 2.20 bits per heavy atom. The molecule has 0 saturated carbocycles. The van der Waals surface area contributed by atoms with Crippen molar-refractivity contribution in [3.05, 3.63) is 5.82 Å². The Bertz CT molecular complexity index is 207. The summed E-state index contributed by atoms with van der Waals surface area (Å²) in [4.78, 5) is 3.96. The van der Waals surface area contributed by atoms with Crippen molar-refractivity contribution in [1.29, 1.82) is 0 Å². The fraction of sp³-hybridized carbons (Fsp3) is 0.667. The van der Waals surface area contributed by atoms with Gasteiger partial charge in [0.2, 0.25) is 0 Å². The Morgan fingerprint density at radius 3 is 2.60 bits per heavy atom. The van der Waals surface area contributed by atoms with E-state index in [2.05, 4.69) is 15.5 Å². The van der Waals surface area contributed by atoms with Gasteiger partial charge in [0.25, 0.3) is 0 Å². The van der Waals surface area contributed by atoms with Crippen LogP contribution >= 0.6 is 0 Å². The molecule has 0 saturated heterocycles. The number of hydrogen-bond acceptors (Lipinski definition) is 4. The van der Waals surface area contributed by atoms with Crippen molar-refractivity contribution >= 4 is 6.01 Å². The van der Waals surface area contributed by atoms with Gasteiger partial charge in [0.15, 0.2) is 5.82 Å². The second-order valence-corrected chi connectivity index (χ2v) is 2.45. The number of anilines is 1. The molecule has 1 heterocycles. The van der Waals surface area contributed by atoms with E-state index >= 15 is 0 Å². The Morgan fingerprint density at radius 1 is 1.50 bits per heavy atom. The molecule has 0 aliphatic carbocycles. The van der Waals surface area contributed by atoms with Crippen molar-refractivity contribution in [2.75, 3.05) is 5.32 Å². The van der Waals surface area contributed by atoms with E-state index in [-0.39, 0.29) is 0 Å². The highest BCUT2D eigenvalue weighted by atomic mass is 16.5. The fourth-order valence-electron chi connectivity index (χ4n) is 0.603. The van der Waals surface area contributed by atoms with Crippen LogP contribution in [0.3, 0.4) is 0 Å². The van der Waals surface area contributed by atoms with Crippen molar-refractivity contribution in [3.8, 4) is 0 Å². The van der Waals surface area contributed by atoms with Crippen LogP contribution in [0.2, 0.25) is 0 Å². The minimum absolute atomic E-state index is 0.333. The molecule has 0 aromatic carbocycles. The Balaban J connectivity index is 2.58. The van der Waals surface area contributed by atoms with Crippen molar-refractivity contribution in [3.63, 3.8) is 0 Å². The number of aromatic nitrogens is 2. The predicted octanol–water partition coefficient (Wildman–Crippen LogP) is 1.20. The highest BCUT2D eigenvalue weighted by Crippen LogP contribution is 2.02. The summed E-state index contributed by atoms with van der Waals surface area (Å²) in [6, 6.07) is 0.826. The van der Waals surface area contributed by atoms with Crippen molar-refractivity contribution in [1.82, 2.24) is 10.1 Å². The van der Waals surface area contributed by atoms with Gasteiger partial charge >= 0.3 is 6.01 Å². The smallest absolute Gasteiger partial charge is 0.321 e. The molecule has 0 unspecified atom stereocenters. The molecule has 0 bridgehead atoms. The molecule has 0 amide bonds. The molecule has 0 aliphatic rings. The van der Waals surface area contributed by atoms with Crippen molar-refractivity contribution < 1.29 is 4.52 Å². The van der Waals surface area contributed by atoms with E-state index in [4.69, 9.17) is 4.52 Å². The van der Waals surface area contributed by atoms with Crippen LogP contribution in [-0.2, 0) is 0 Å². The minimum atomic E-state index is 0.333. The monoisotopic (exact) mass is 141 g/mol. The molecule has 0 spiro atoms. The first-order chi connectivity index (χ1) is 4.68. The number of aryl methyl sites for hydroxylation is 1. The maximum absolute atomic E-state index is 4.80. The molecule has 0 fully saturated rings. The average Bonchev–Trinajstić information content (AvgIpc) is 2.13. The lowest BCUT2D eigenvalue weighted by Gasteiger charge is -2.01. The molecule has 10 heavy (non-hydrogen) atoms. The van der Waals surface area contributed by atoms with Crippen molar-refractivity contribution in [2.45, 2.75) is 26.8 Å². The summed E-state index contributed by atoms with van der Waals surface area (Å²) in [6.07, 6.45) is 0. The maximum atomic E-state index is 4.80. The molecule has 4 heteroatoms. The Hall–Kier alpha value is -1.06. The topological polar surface area (TPSA) is 51.0 Å². The SMILES string of the molecule is Cc1noc(NC(C)C)n1. The zero-order chi connectivity index (χ0) is 7.56. The maximum Gasteiger partial charge on any atom is 0.321 e. The Kier molecular flexibility index (Phi) is 1.89. The van der Waals surface area contributed by atoms with Gasteiger partial charge in [0.1, 0.15) is 0 Å². The van der Waals surface area contributed by atoms with Gasteiger partial charge in [-0.1, -0.05) is 5.16 Å². The van der Waals surface area contributed by atoms with Crippen LogP contribution in [0.25, 0.3) is 0 Å². The molecule has 4 nitrogen and oxygen atoms in total. The third kappa shape index (κ3) is 1.72. The van der Waals surface area contributed by atoms with Crippen LogP contribution in [0, 0.1) is 6.92 Å². The van der Waals surface area contributed by atoms with Crippen molar-refractivity contribution in [2.24, 2.45) is 0 Å². The number of rotatable bonds is 2. The highest BCUT2D eigenvalue weighted by molar-refractivity contribution is 5.18. The summed E-state index contributed by atoms with van der Waals surface area (Å²) in [7, 11) is 0. The molecular formula is C6H11N3O. The first-order valence-electron chi connectivity index (χ1n) is 3.25. The number of hydrogen-bond donors (Lipinski definition) is 1. The van der Waals surface area contributed by atoms with E-state index in [9.17, 15) is 0 Å². The summed E-state index contributed by atoms with van der Waals surface area (Å²) in [5, 5.41) is 6.61. The third-order valence-electron chi connectivity index (χ3n) is 0.940. The van der Waals surface area contributed by atoms with Crippen LogP contribution in [0.5, 0.6) is 0 Å². The molecular weight excluding hydrogens is 130 g/mol. The summed E-state index contributed by atoms with van der Waals surface area (Å²) in [5.41, 5.74) is 0. The van der Waals surface area contributed by atoms with Gasteiger partial charge in [0.05, 0.1) is 0 Å². The van der Waals surface area contributed by atoms with Crippen LogP contribution in [-0.4, -0.2) is 16.2 Å². The van der Waals surface area contributed by atoms with Crippen LogP contribution in [0.1, 0.15) is 19.7 Å². The van der Waals surface area contributed by atoms with Gasteiger partial charge in [-0.25, -0.2) is 0 Å². The standard InChI is InChI=1S/C6H11N3O/c1-4(2)7-6-8-5(3)9-10-6/h4H,1-3H3,(H,7,8,9). The zero-order valence-electron chi connectivity index (χ0n) is 6.38. The highest BCUT2D eigenvalue weighted by Gasteiger charge is 2.01. The predicted molar refractivity (Wildman–Crippen MR) is 37.8 cm³/mol. The molecule has 0 aliphatic heterocycles. The molecule has 1 rings (SSSR count). The second-order valence-electron chi connectivity index (χ2n) is 2.45. The Labute approximate surface area is 59.6 Å². The lowest BCUT2D eigenvalue weighted by molar-refractivity contribution is 0.423. The number of nitrogens with one attached hydrogen (secondary N) is 1. The van der Waals surface area contributed by atoms with E-state index in [1.54, 1.807) is 6.92 Å². The lowest BCUT2D eigenvalue weighted by atomic mass is 10.4. The first-order valence-corrected chi connectivity index (χ1v) is 3.25.